The molecule has 2 aromatic heterocycles. The second kappa shape index (κ2) is 8.05. The van der Waals surface area contributed by atoms with Crippen LogP contribution in [-0.4, -0.2) is 71.0 Å². The molecule has 2 saturated heterocycles. The average Bonchev–Trinajstić information content (AvgIpc) is 3.17. The number of hydrogen-bond acceptors (Lipinski definition) is 5. The number of nitrogens with zero attached hydrogens (tertiary/aromatic N) is 5. The summed E-state index contributed by atoms with van der Waals surface area (Å²) in [5, 5.41) is 0. The second-order valence-corrected chi connectivity index (χ2v) is 8.89. The Hall–Kier alpha value is -1.81. The first-order chi connectivity index (χ1) is 13.1. The van der Waals surface area contributed by atoms with Gasteiger partial charge in [0.25, 0.3) is 10.2 Å². The monoisotopic (exact) mass is 391 g/mol. The van der Waals surface area contributed by atoms with Crippen LogP contribution in [0.5, 0.6) is 0 Å². The fraction of sp³-hybridized carbons (Fsp3) is 0.556. The normalized spacial score (nSPS) is 20.7. The molecule has 0 spiro atoms. The lowest BCUT2D eigenvalue weighted by molar-refractivity contribution is 0.0695. The summed E-state index contributed by atoms with van der Waals surface area (Å²) in [7, 11) is -3.38. The van der Waals surface area contributed by atoms with Gasteiger partial charge in [-0.05, 0) is 30.5 Å². The third-order valence-electron chi connectivity index (χ3n) is 5.29. The maximum atomic E-state index is 12.8. The Balaban J connectivity index is 1.40. The molecular formula is C18H25N5O3S. The fourth-order valence-electron chi connectivity index (χ4n) is 3.78. The fourth-order valence-corrected chi connectivity index (χ4v) is 5.39. The molecule has 0 aliphatic carbocycles. The molecule has 8 nitrogen and oxygen atoms in total. The minimum Gasteiger partial charge on any atom is -0.379 e. The summed E-state index contributed by atoms with van der Waals surface area (Å²) in [5.41, 5.74) is 1.18. The van der Waals surface area contributed by atoms with Crippen molar-refractivity contribution in [2.24, 2.45) is 0 Å². The molecule has 2 aromatic rings. The number of pyridine rings is 1. The lowest BCUT2D eigenvalue weighted by Crippen LogP contribution is -2.50. The zero-order chi connectivity index (χ0) is 18.7. The number of imidazole rings is 1. The molecule has 4 rings (SSSR count). The lowest BCUT2D eigenvalue weighted by Gasteiger charge is -2.36. The van der Waals surface area contributed by atoms with Crippen molar-refractivity contribution < 1.29 is 13.2 Å². The van der Waals surface area contributed by atoms with E-state index in [-0.39, 0.29) is 5.92 Å². The Kier molecular flexibility index (Phi) is 5.53. The van der Waals surface area contributed by atoms with Gasteiger partial charge in [0.2, 0.25) is 0 Å². The quantitative estimate of drug-likeness (QED) is 0.762. The van der Waals surface area contributed by atoms with Crippen LogP contribution in [0.1, 0.15) is 30.1 Å². The second-order valence-electron chi connectivity index (χ2n) is 6.96. The summed E-state index contributed by atoms with van der Waals surface area (Å²) in [6.07, 6.45) is 8.98. The third kappa shape index (κ3) is 4.06. The Morgan fingerprint density at radius 1 is 1.00 bits per heavy atom. The van der Waals surface area contributed by atoms with Crippen LogP contribution in [0.15, 0.2) is 36.9 Å². The lowest BCUT2D eigenvalue weighted by atomic mass is 9.97. The summed E-state index contributed by atoms with van der Waals surface area (Å²) in [4.78, 5) is 8.62. The van der Waals surface area contributed by atoms with Gasteiger partial charge in [0.15, 0.2) is 0 Å². The third-order valence-corrected chi connectivity index (χ3v) is 7.33. The van der Waals surface area contributed by atoms with E-state index in [2.05, 4.69) is 14.5 Å². The average molecular weight is 391 g/mol. The van der Waals surface area contributed by atoms with Crippen LogP contribution < -0.4 is 0 Å². The highest BCUT2D eigenvalue weighted by atomic mass is 32.2. The summed E-state index contributed by atoms with van der Waals surface area (Å²) in [6, 6.07) is 4.00. The van der Waals surface area contributed by atoms with E-state index < -0.39 is 10.2 Å². The largest absolute Gasteiger partial charge is 0.379 e. The van der Waals surface area contributed by atoms with E-state index in [1.807, 2.05) is 24.5 Å². The highest BCUT2D eigenvalue weighted by Crippen LogP contribution is 2.29. The predicted molar refractivity (Wildman–Crippen MR) is 100 cm³/mol. The van der Waals surface area contributed by atoms with Gasteiger partial charge in [-0.1, -0.05) is 0 Å². The molecule has 2 fully saturated rings. The summed E-state index contributed by atoms with van der Waals surface area (Å²) >= 11 is 0. The molecule has 0 saturated carbocycles. The van der Waals surface area contributed by atoms with E-state index >= 15 is 0 Å². The van der Waals surface area contributed by atoms with Crippen LogP contribution in [0.4, 0.5) is 0 Å². The molecule has 0 atom stereocenters. The molecule has 9 heteroatoms. The number of rotatable bonds is 5. The first kappa shape index (κ1) is 18.5. The number of hydrogen-bond donors (Lipinski definition) is 0. The van der Waals surface area contributed by atoms with Gasteiger partial charge in [0.1, 0.15) is 5.82 Å². The van der Waals surface area contributed by atoms with Crippen LogP contribution in [0, 0.1) is 0 Å². The Bertz CT molecular complexity index is 841. The number of aromatic nitrogens is 3. The summed E-state index contributed by atoms with van der Waals surface area (Å²) < 4.78 is 36.2. The van der Waals surface area contributed by atoms with Gasteiger partial charge < -0.3 is 9.30 Å². The van der Waals surface area contributed by atoms with E-state index in [9.17, 15) is 8.42 Å². The Morgan fingerprint density at radius 2 is 1.67 bits per heavy atom. The Morgan fingerprint density at radius 3 is 2.37 bits per heavy atom. The van der Waals surface area contributed by atoms with E-state index in [1.165, 1.54) is 5.56 Å². The molecule has 0 unspecified atom stereocenters. The minimum absolute atomic E-state index is 0.276. The summed E-state index contributed by atoms with van der Waals surface area (Å²) in [6.45, 7) is 3.66. The van der Waals surface area contributed by atoms with Crippen molar-refractivity contribution in [1.82, 2.24) is 23.1 Å². The molecule has 0 radical (unpaired) electrons. The van der Waals surface area contributed by atoms with Gasteiger partial charge in [-0.2, -0.15) is 17.0 Å². The molecular weight excluding hydrogens is 366 g/mol. The first-order valence-electron chi connectivity index (χ1n) is 9.37. The SMILES string of the molecule is O=S(=O)(N1CCOCC1)N1CCC(c2nccn2Cc2ccncc2)CC1. The van der Waals surface area contributed by atoms with Crippen LogP contribution in [0.3, 0.4) is 0 Å². The van der Waals surface area contributed by atoms with Crippen molar-refractivity contribution in [3.63, 3.8) is 0 Å². The smallest absolute Gasteiger partial charge is 0.282 e. The molecule has 0 N–H and O–H groups in total. The van der Waals surface area contributed by atoms with Crippen molar-refractivity contribution in [3.8, 4) is 0 Å². The van der Waals surface area contributed by atoms with Gasteiger partial charge in [0.05, 0.1) is 13.2 Å². The summed E-state index contributed by atoms with van der Waals surface area (Å²) in [5.74, 6) is 1.31. The van der Waals surface area contributed by atoms with Gasteiger partial charge in [-0.25, -0.2) is 4.98 Å². The van der Waals surface area contributed by atoms with Gasteiger partial charge in [-0.15, -0.1) is 0 Å². The van der Waals surface area contributed by atoms with E-state index in [0.29, 0.717) is 39.4 Å². The van der Waals surface area contributed by atoms with Crippen molar-refractivity contribution in [2.45, 2.75) is 25.3 Å². The zero-order valence-corrected chi connectivity index (χ0v) is 16.1. The predicted octanol–water partition coefficient (Wildman–Crippen LogP) is 1.08. The molecule has 2 aliphatic heterocycles. The van der Waals surface area contributed by atoms with Crippen molar-refractivity contribution in [1.29, 1.82) is 0 Å². The molecule has 27 heavy (non-hydrogen) atoms. The standard InChI is InChI=1S/C18H25N5O3S/c24-27(25,23-11-13-26-14-12-23)22-8-3-17(4-9-22)18-20-7-10-21(18)15-16-1-5-19-6-2-16/h1-2,5-7,10,17H,3-4,8-9,11-15H2. The van der Waals surface area contributed by atoms with Crippen molar-refractivity contribution in [2.75, 3.05) is 39.4 Å². The molecule has 146 valence electrons. The van der Waals surface area contributed by atoms with Gasteiger partial charge >= 0.3 is 0 Å². The van der Waals surface area contributed by atoms with E-state index in [0.717, 1.165) is 25.2 Å². The van der Waals surface area contributed by atoms with Crippen molar-refractivity contribution >= 4 is 10.2 Å². The van der Waals surface area contributed by atoms with Crippen LogP contribution in [0.2, 0.25) is 0 Å². The van der Waals surface area contributed by atoms with Crippen LogP contribution in [-0.2, 0) is 21.5 Å². The molecule has 2 aliphatic rings. The highest BCUT2D eigenvalue weighted by molar-refractivity contribution is 7.86. The number of piperidine rings is 1. The molecule has 0 amide bonds. The molecule has 4 heterocycles. The number of ether oxygens (including phenoxy) is 1. The first-order valence-corrected chi connectivity index (χ1v) is 10.8. The Labute approximate surface area is 160 Å². The minimum atomic E-state index is -3.38. The van der Waals surface area contributed by atoms with Crippen LogP contribution >= 0.6 is 0 Å². The maximum absolute atomic E-state index is 12.8. The zero-order valence-electron chi connectivity index (χ0n) is 15.3. The topological polar surface area (TPSA) is 80.6 Å². The van der Waals surface area contributed by atoms with Crippen molar-refractivity contribution in [3.05, 3.63) is 48.3 Å². The van der Waals surface area contributed by atoms with E-state index in [4.69, 9.17) is 4.74 Å². The number of morpholine rings is 1. The van der Waals surface area contributed by atoms with Gasteiger partial charge in [0, 0.05) is 63.4 Å². The highest BCUT2D eigenvalue weighted by Gasteiger charge is 2.34. The van der Waals surface area contributed by atoms with E-state index in [1.54, 1.807) is 21.0 Å². The maximum Gasteiger partial charge on any atom is 0.282 e. The van der Waals surface area contributed by atoms with Gasteiger partial charge in [-0.3, -0.25) is 4.98 Å². The molecule has 0 bridgehead atoms. The van der Waals surface area contributed by atoms with Crippen LogP contribution in [0.25, 0.3) is 0 Å². The molecule has 0 aromatic carbocycles.